The highest BCUT2D eigenvalue weighted by molar-refractivity contribution is 5.30. The molecule has 0 saturated heterocycles. The summed E-state index contributed by atoms with van der Waals surface area (Å²) in [6.45, 7) is 3.62. The van der Waals surface area contributed by atoms with E-state index < -0.39 is 0 Å². The van der Waals surface area contributed by atoms with Crippen molar-refractivity contribution in [2.24, 2.45) is 5.73 Å². The Labute approximate surface area is 97.6 Å². The van der Waals surface area contributed by atoms with Gasteiger partial charge in [0, 0.05) is 19.3 Å². The van der Waals surface area contributed by atoms with Gasteiger partial charge in [0.1, 0.15) is 5.75 Å². The van der Waals surface area contributed by atoms with Gasteiger partial charge in [-0.1, -0.05) is 19.1 Å². The van der Waals surface area contributed by atoms with Gasteiger partial charge in [0.15, 0.2) is 0 Å². The third-order valence-electron chi connectivity index (χ3n) is 2.44. The first-order valence-electron chi connectivity index (χ1n) is 5.75. The predicted molar refractivity (Wildman–Crippen MR) is 65.6 cm³/mol. The Kier molecular flexibility index (Phi) is 5.90. The van der Waals surface area contributed by atoms with E-state index in [1.165, 1.54) is 0 Å². The fraction of sp³-hybridized carbons (Fsp3) is 0.538. The molecule has 1 atom stereocenters. The van der Waals surface area contributed by atoms with Crippen LogP contribution in [0.1, 0.15) is 31.4 Å². The molecular weight excluding hydrogens is 202 g/mol. The summed E-state index contributed by atoms with van der Waals surface area (Å²) < 4.78 is 10.6. The lowest BCUT2D eigenvalue weighted by Gasteiger charge is -2.13. The van der Waals surface area contributed by atoms with Crippen molar-refractivity contribution in [2.75, 3.05) is 20.3 Å². The van der Waals surface area contributed by atoms with E-state index in [2.05, 4.69) is 6.92 Å². The molecule has 1 aromatic rings. The van der Waals surface area contributed by atoms with Crippen molar-refractivity contribution in [1.82, 2.24) is 0 Å². The van der Waals surface area contributed by atoms with Gasteiger partial charge in [-0.15, -0.1) is 0 Å². The summed E-state index contributed by atoms with van der Waals surface area (Å²) in [5, 5.41) is 0. The Morgan fingerprint density at radius 2 is 2.12 bits per heavy atom. The number of benzene rings is 1. The highest BCUT2D eigenvalue weighted by atomic mass is 16.5. The number of rotatable bonds is 7. The smallest absolute Gasteiger partial charge is 0.119 e. The normalized spacial score (nSPS) is 12.4. The van der Waals surface area contributed by atoms with Crippen molar-refractivity contribution in [2.45, 2.75) is 25.8 Å². The van der Waals surface area contributed by atoms with Crippen LogP contribution in [0.15, 0.2) is 24.3 Å². The zero-order chi connectivity index (χ0) is 11.8. The van der Waals surface area contributed by atoms with Crippen LogP contribution in [0.5, 0.6) is 5.75 Å². The lowest BCUT2D eigenvalue weighted by molar-refractivity contribution is 0.128. The van der Waals surface area contributed by atoms with E-state index in [9.17, 15) is 0 Å². The second-order valence-corrected chi connectivity index (χ2v) is 3.78. The fourth-order valence-electron chi connectivity index (χ4n) is 1.50. The van der Waals surface area contributed by atoms with Crippen LogP contribution >= 0.6 is 0 Å². The van der Waals surface area contributed by atoms with E-state index in [1.807, 2.05) is 24.3 Å². The van der Waals surface area contributed by atoms with Crippen molar-refractivity contribution in [3.05, 3.63) is 29.8 Å². The van der Waals surface area contributed by atoms with E-state index in [1.54, 1.807) is 7.11 Å². The monoisotopic (exact) mass is 223 g/mol. The molecule has 0 aliphatic heterocycles. The lowest BCUT2D eigenvalue weighted by atomic mass is 10.1. The second-order valence-electron chi connectivity index (χ2n) is 3.78. The van der Waals surface area contributed by atoms with Gasteiger partial charge in [-0.3, -0.25) is 0 Å². The molecule has 0 spiro atoms. The molecule has 0 heterocycles. The Morgan fingerprint density at radius 1 is 1.31 bits per heavy atom. The Balaban J connectivity index is 2.42. The van der Waals surface area contributed by atoms with Crippen molar-refractivity contribution >= 4 is 0 Å². The minimum absolute atomic E-state index is 0.0203. The summed E-state index contributed by atoms with van der Waals surface area (Å²) in [7, 11) is 1.66. The van der Waals surface area contributed by atoms with Crippen LogP contribution in [0, 0.1) is 0 Å². The van der Waals surface area contributed by atoms with Gasteiger partial charge >= 0.3 is 0 Å². The molecular formula is C13H21NO2. The summed E-state index contributed by atoms with van der Waals surface area (Å²) >= 11 is 0. The maximum absolute atomic E-state index is 6.07. The summed E-state index contributed by atoms with van der Waals surface area (Å²) in [6, 6.07) is 7.90. The van der Waals surface area contributed by atoms with Crippen molar-refractivity contribution < 1.29 is 9.47 Å². The highest BCUT2D eigenvalue weighted by Crippen LogP contribution is 2.19. The van der Waals surface area contributed by atoms with E-state index in [4.69, 9.17) is 15.2 Å². The third kappa shape index (κ3) is 4.21. The van der Waals surface area contributed by atoms with Crippen LogP contribution in [-0.4, -0.2) is 20.3 Å². The highest BCUT2D eigenvalue weighted by Gasteiger charge is 2.06. The topological polar surface area (TPSA) is 44.5 Å². The SMILES string of the molecule is CCCOCCC(N)c1cccc(OC)c1. The first-order valence-corrected chi connectivity index (χ1v) is 5.75. The number of nitrogens with two attached hydrogens (primary N) is 1. The summed E-state index contributed by atoms with van der Waals surface area (Å²) in [5.74, 6) is 0.849. The largest absolute Gasteiger partial charge is 0.497 e. The van der Waals surface area contributed by atoms with Gasteiger partial charge in [0.25, 0.3) is 0 Å². The van der Waals surface area contributed by atoms with Gasteiger partial charge in [-0.05, 0) is 30.5 Å². The lowest BCUT2D eigenvalue weighted by Crippen LogP contribution is -2.13. The molecule has 0 saturated carbocycles. The number of ether oxygens (including phenoxy) is 2. The Bertz CT molecular complexity index is 302. The van der Waals surface area contributed by atoms with Crippen LogP contribution < -0.4 is 10.5 Å². The second kappa shape index (κ2) is 7.25. The number of methoxy groups -OCH3 is 1. The molecule has 3 nitrogen and oxygen atoms in total. The van der Waals surface area contributed by atoms with Gasteiger partial charge < -0.3 is 15.2 Å². The molecule has 16 heavy (non-hydrogen) atoms. The average Bonchev–Trinajstić information content (AvgIpc) is 2.34. The van der Waals surface area contributed by atoms with Crippen LogP contribution in [-0.2, 0) is 4.74 Å². The molecule has 1 unspecified atom stereocenters. The maximum atomic E-state index is 6.07. The molecule has 1 aromatic carbocycles. The minimum Gasteiger partial charge on any atom is -0.497 e. The summed E-state index contributed by atoms with van der Waals surface area (Å²) in [4.78, 5) is 0. The molecule has 0 amide bonds. The first kappa shape index (κ1) is 13.0. The van der Waals surface area contributed by atoms with E-state index >= 15 is 0 Å². The molecule has 0 aliphatic rings. The molecule has 90 valence electrons. The first-order chi connectivity index (χ1) is 7.77. The van der Waals surface area contributed by atoms with Crippen LogP contribution in [0.25, 0.3) is 0 Å². The predicted octanol–water partition coefficient (Wildman–Crippen LogP) is 2.51. The summed E-state index contributed by atoms with van der Waals surface area (Å²) in [6.07, 6.45) is 1.89. The van der Waals surface area contributed by atoms with Gasteiger partial charge in [0.05, 0.1) is 7.11 Å². The quantitative estimate of drug-likeness (QED) is 0.722. The zero-order valence-corrected chi connectivity index (χ0v) is 10.1. The van der Waals surface area contributed by atoms with Crippen molar-refractivity contribution in [3.8, 4) is 5.75 Å². The van der Waals surface area contributed by atoms with Crippen molar-refractivity contribution in [3.63, 3.8) is 0 Å². The van der Waals surface area contributed by atoms with Gasteiger partial charge in [0.2, 0.25) is 0 Å². The Morgan fingerprint density at radius 3 is 2.81 bits per heavy atom. The zero-order valence-electron chi connectivity index (χ0n) is 10.1. The average molecular weight is 223 g/mol. The molecule has 1 rings (SSSR count). The molecule has 2 N–H and O–H groups in total. The molecule has 0 aliphatic carbocycles. The molecule has 0 fully saturated rings. The van der Waals surface area contributed by atoms with E-state index in [0.29, 0.717) is 6.61 Å². The van der Waals surface area contributed by atoms with E-state index in [0.717, 1.165) is 30.8 Å². The molecule has 0 aromatic heterocycles. The van der Waals surface area contributed by atoms with Crippen LogP contribution in [0.3, 0.4) is 0 Å². The molecule has 0 bridgehead atoms. The maximum Gasteiger partial charge on any atom is 0.119 e. The standard InChI is InChI=1S/C13H21NO2/c1-3-8-16-9-7-13(14)11-5-4-6-12(10-11)15-2/h4-6,10,13H,3,7-9,14H2,1-2H3. The number of hydrogen-bond acceptors (Lipinski definition) is 3. The molecule has 0 radical (unpaired) electrons. The van der Waals surface area contributed by atoms with E-state index in [-0.39, 0.29) is 6.04 Å². The number of hydrogen-bond donors (Lipinski definition) is 1. The van der Waals surface area contributed by atoms with Gasteiger partial charge in [-0.25, -0.2) is 0 Å². The van der Waals surface area contributed by atoms with Crippen LogP contribution in [0.2, 0.25) is 0 Å². The fourth-order valence-corrected chi connectivity index (χ4v) is 1.50. The van der Waals surface area contributed by atoms with Crippen LogP contribution in [0.4, 0.5) is 0 Å². The third-order valence-corrected chi connectivity index (χ3v) is 2.44. The Hall–Kier alpha value is -1.06. The molecule has 3 heteroatoms. The van der Waals surface area contributed by atoms with Gasteiger partial charge in [-0.2, -0.15) is 0 Å². The van der Waals surface area contributed by atoms with Crippen molar-refractivity contribution in [1.29, 1.82) is 0 Å². The minimum atomic E-state index is 0.0203. The summed E-state index contributed by atoms with van der Waals surface area (Å²) in [5.41, 5.74) is 7.16.